The molecule has 0 fully saturated rings. The summed E-state index contributed by atoms with van der Waals surface area (Å²) >= 11 is 0. The van der Waals surface area contributed by atoms with E-state index in [1.165, 1.54) is 12.1 Å². The fourth-order valence-corrected chi connectivity index (χ4v) is 3.55. The van der Waals surface area contributed by atoms with Crippen LogP contribution in [0.3, 0.4) is 0 Å². The van der Waals surface area contributed by atoms with Gasteiger partial charge in [0.15, 0.2) is 0 Å². The Labute approximate surface area is 161 Å². The molecule has 0 N–H and O–H groups in total. The smallest absolute Gasteiger partial charge is 0.387 e. The first-order valence-corrected chi connectivity index (χ1v) is 8.88. The van der Waals surface area contributed by atoms with Crippen molar-refractivity contribution in [3.8, 4) is 16.9 Å². The number of halogens is 2. The number of ether oxygens (including phenoxy) is 1. The van der Waals surface area contributed by atoms with E-state index < -0.39 is 6.61 Å². The lowest BCUT2D eigenvalue weighted by molar-refractivity contribution is -0.0498. The van der Waals surface area contributed by atoms with Gasteiger partial charge in [0.25, 0.3) is 5.91 Å². The van der Waals surface area contributed by atoms with Gasteiger partial charge in [0, 0.05) is 36.6 Å². The largest absolute Gasteiger partial charge is 0.435 e. The van der Waals surface area contributed by atoms with Crippen molar-refractivity contribution in [1.29, 1.82) is 0 Å². The minimum absolute atomic E-state index is 0.0156. The fourth-order valence-electron chi connectivity index (χ4n) is 3.55. The molecule has 1 aliphatic heterocycles. The van der Waals surface area contributed by atoms with Crippen LogP contribution in [0.5, 0.6) is 5.75 Å². The monoisotopic (exact) mass is 380 g/mol. The lowest BCUT2D eigenvalue weighted by Gasteiger charge is -2.16. The molecule has 0 saturated carbocycles. The predicted molar refractivity (Wildman–Crippen MR) is 101 cm³/mol. The molecule has 3 aromatic rings. The zero-order chi connectivity index (χ0) is 19.7. The second-order valence-electron chi connectivity index (χ2n) is 6.75. The fraction of sp³-hybridized carbons (Fsp3) is 0.182. The van der Waals surface area contributed by atoms with Crippen LogP contribution in [0.15, 0.2) is 60.9 Å². The van der Waals surface area contributed by atoms with Crippen LogP contribution in [0.2, 0.25) is 0 Å². The Kier molecular flexibility index (Phi) is 4.77. The molecular weight excluding hydrogens is 362 g/mol. The zero-order valence-electron chi connectivity index (χ0n) is 15.2. The lowest BCUT2D eigenvalue weighted by atomic mass is 9.97. The number of amides is 1. The van der Waals surface area contributed by atoms with Crippen molar-refractivity contribution in [2.75, 3.05) is 0 Å². The van der Waals surface area contributed by atoms with Crippen molar-refractivity contribution >= 4 is 5.91 Å². The van der Waals surface area contributed by atoms with Gasteiger partial charge in [0.2, 0.25) is 0 Å². The van der Waals surface area contributed by atoms with Gasteiger partial charge >= 0.3 is 6.61 Å². The predicted octanol–water partition coefficient (Wildman–Crippen LogP) is 4.81. The van der Waals surface area contributed by atoms with Gasteiger partial charge < -0.3 is 9.64 Å². The maximum atomic E-state index is 12.9. The van der Waals surface area contributed by atoms with Gasteiger partial charge in [0.05, 0.1) is 0 Å². The second kappa shape index (κ2) is 7.38. The third kappa shape index (κ3) is 3.58. The Morgan fingerprint density at radius 2 is 1.93 bits per heavy atom. The molecule has 2 aromatic carbocycles. The first-order valence-electron chi connectivity index (χ1n) is 8.88. The van der Waals surface area contributed by atoms with Crippen molar-refractivity contribution in [3.63, 3.8) is 0 Å². The molecule has 0 aliphatic carbocycles. The summed E-state index contributed by atoms with van der Waals surface area (Å²) in [4.78, 5) is 18.8. The Bertz CT molecular complexity index is 1010. The van der Waals surface area contributed by atoms with Crippen LogP contribution in [0.4, 0.5) is 8.78 Å². The van der Waals surface area contributed by atoms with Crippen molar-refractivity contribution in [1.82, 2.24) is 9.88 Å². The van der Waals surface area contributed by atoms with Gasteiger partial charge in [-0.1, -0.05) is 24.3 Å². The molecule has 6 heteroatoms. The highest BCUT2D eigenvalue weighted by atomic mass is 19.3. The van der Waals surface area contributed by atoms with Crippen LogP contribution < -0.4 is 4.74 Å². The van der Waals surface area contributed by atoms with E-state index in [-0.39, 0.29) is 11.7 Å². The van der Waals surface area contributed by atoms with Gasteiger partial charge in [0.1, 0.15) is 5.75 Å². The van der Waals surface area contributed by atoms with Gasteiger partial charge in [-0.2, -0.15) is 8.78 Å². The van der Waals surface area contributed by atoms with E-state index in [1.807, 2.05) is 31.2 Å². The highest BCUT2D eigenvalue weighted by Gasteiger charge is 2.29. The number of carbonyl (C=O) groups is 1. The summed E-state index contributed by atoms with van der Waals surface area (Å²) in [6, 6.07) is 14.3. The molecule has 4 nitrogen and oxygen atoms in total. The standard InChI is InChI=1S/C22H18F2N2O2/c1-14-9-17(16-3-2-8-25-11-16)10-18-13-26(21(27)20(14)18)12-15-4-6-19(7-5-15)28-22(23)24/h2-11,22H,12-13H2,1H3. The quantitative estimate of drug-likeness (QED) is 0.638. The van der Waals surface area contributed by atoms with Gasteiger partial charge in [-0.05, 0) is 53.4 Å². The Morgan fingerprint density at radius 3 is 2.61 bits per heavy atom. The molecule has 0 radical (unpaired) electrons. The molecule has 0 unspecified atom stereocenters. The maximum absolute atomic E-state index is 12.9. The molecule has 1 amide bonds. The average Bonchev–Trinajstić information content (AvgIpc) is 2.99. The Hall–Kier alpha value is -3.28. The number of alkyl halides is 2. The summed E-state index contributed by atoms with van der Waals surface area (Å²) in [5.41, 5.74) is 5.56. The van der Waals surface area contributed by atoms with Crippen molar-refractivity contribution in [2.45, 2.75) is 26.6 Å². The number of pyridine rings is 1. The van der Waals surface area contributed by atoms with Gasteiger partial charge in [-0.25, -0.2) is 0 Å². The van der Waals surface area contributed by atoms with Crippen LogP contribution >= 0.6 is 0 Å². The summed E-state index contributed by atoms with van der Waals surface area (Å²) in [7, 11) is 0. The molecule has 0 spiro atoms. The van der Waals surface area contributed by atoms with Gasteiger partial charge in [-0.3, -0.25) is 9.78 Å². The van der Waals surface area contributed by atoms with Crippen LogP contribution in [0, 0.1) is 6.92 Å². The summed E-state index contributed by atoms with van der Waals surface area (Å²) < 4.78 is 28.9. The highest BCUT2D eigenvalue weighted by molar-refractivity contribution is 6.00. The molecule has 1 aromatic heterocycles. The van der Waals surface area contributed by atoms with Crippen molar-refractivity contribution in [3.05, 3.63) is 83.2 Å². The maximum Gasteiger partial charge on any atom is 0.387 e. The van der Waals surface area contributed by atoms with Crippen molar-refractivity contribution < 1.29 is 18.3 Å². The number of aryl methyl sites for hydroxylation is 1. The highest BCUT2D eigenvalue weighted by Crippen LogP contribution is 2.32. The van der Waals surface area contributed by atoms with E-state index in [9.17, 15) is 13.6 Å². The van der Waals surface area contributed by atoms with E-state index in [4.69, 9.17) is 0 Å². The molecule has 4 rings (SSSR count). The third-order valence-corrected chi connectivity index (χ3v) is 4.80. The number of fused-ring (bicyclic) bond motifs is 1. The number of aromatic nitrogens is 1. The Balaban J connectivity index is 1.55. The van der Waals surface area contributed by atoms with E-state index in [0.29, 0.717) is 13.1 Å². The first-order chi connectivity index (χ1) is 13.5. The minimum atomic E-state index is -2.85. The molecule has 142 valence electrons. The SMILES string of the molecule is Cc1cc(-c2cccnc2)cc2c1C(=O)N(Cc1ccc(OC(F)F)cc1)C2. The average molecular weight is 380 g/mol. The Morgan fingerprint density at radius 1 is 1.14 bits per heavy atom. The molecule has 2 heterocycles. The van der Waals surface area contributed by atoms with Gasteiger partial charge in [-0.15, -0.1) is 0 Å². The first kappa shape index (κ1) is 18.1. The number of hydrogen-bond acceptors (Lipinski definition) is 3. The molecule has 0 atom stereocenters. The van der Waals surface area contributed by atoms with E-state index in [1.54, 1.807) is 29.4 Å². The van der Waals surface area contributed by atoms with E-state index in [0.717, 1.165) is 33.4 Å². The normalized spacial score (nSPS) is 13.1. The summed E-state index contributed by atoms with van der Waals surface area (Å²) in [5, 5.41) is 0. The number of carbonyl (C=O) groups excluding carboxylic acids is 1. The summed E-state index contributed by atoms with van der Waals surface area (Å²) in [6.45, 7) is 0.0107. The minimum Gasteiger partial charge on any atom is -0.435 e. The topological polar surface area (TPSA) is 42.4 Å². The second-order valence-corrected chi connectivity index (χ2v) is 6.75. The lowest BCUT2D eigenvalue weighted by Crippen LogP contribution is -2.23. The third-order valence-electron chi connectivity index (χ3n) is 4.80. The van der Waals surface area contributed by atoms with Crippen LogP contribution in [0.25, 0.3) is 11.1 Å². The van der Waals surface area contributed by atoms with E-state index in [2.05, 4.69) is 9.72 Å². The van der Waals surface area contributed by atoms with Crippen molar-refractivity contribution in [2.24, 2.45) is 0 Å². The molecule has 28 heavy (non-hydrogen) atoms. The summed E-state index contributed by atoms with van der Waals surface area (Å²) in [6.07, 6.45) is 3.53. The number of hydrogen-bond donors (Lipinski definition) is 0. The number of nitrogens with zero attached hydrogens (tertiary/aromatic N) is 2. The molecular formula is C22H18F2N2O2. The molecule has 0 bridgehead atoms. The van der Waals surface area contributed by atoms with E-state index >= 15 is 0 Å². The summed E-state index contributed by atoms with van der Waals surface area (Å²) in [5.74, 6) is 0.0879. The molecule has 1 aliphatic rings. The number of rotatable bonds is 5. The zero-order valence-corrected chi connectivity index (χ0v) is 15.2. The molecule has 0 saturated heterocycles. The van der Waals surface area contributed by atoms with Crippen LogP contribution in [-0.4, -0.2) is 22.4 Å². The van der Waals surface area contributed by atoms with Crippen LogP contribution in [0.1, 0.15) is 27.0 Å². The number of benzene rings is 2. The van der Waals surface area contributed by atoms with Crippen LogP contribution in [-0.2, 0) is 13.1 Å².